The van der Waals surface area contributed by atoms with Gasteiger partial charge in [-0.1, -0.05) is 0 Å². The average molecular weight is 917 g/mol. The molecule has 0 bridgehead atoms. The van der Waals surface area contributed by atoms with Crippen molar-refractivity contribution < 1.29 is 91.5 Å². The predicted molar refractivity (Wildman–Crippen MR) is 196 cm³/mol. The van der Waals surface area contributed by atoms with Crippen LogP contribution in [0.15, 0.2) is 121 Å². The van der Waals surface area contributed by atoms with Crippen LogP contribution in [0.4, 0.5) is 0 Å². The molecule has 4 unspecified atom stereocenters. The van der Waals surface area contributed by atoms with Crippen LogP contribution in [0, 0.1) is 0 Å². The van der Waals surface area contributed by atoms with E-state index >= 15 is 0 Å². The minimum atomic E-state index is -1.57. The zero-order valence-electron chi connectivity index (χ0n) is 28.4. The van der Waals surface area contributed by atoms with Gasteiger partial charge in [-0.3, -0.25) is 0 Å². The van der Waals surface area contributed by atoms with Gasteiger partial charge in [-0.2, -0.15) is 0 Å². The molecule has 4 aromatic rings. The van der Waals surface area contributed by atoms with Crippen LogP contribution in [0.25, 0.3) is 23.8 Å². The summed E-state index contributed by atoms with van der Waals surface area (Å²) in [4.78, 5) is 0. The second kappa shape index (κ2) is 19.9. The molecule has 49 heavy (non-hydrogen) atoms. The van der Waals surface area contributed by atoms with Gasteiger partial charge in [0.1, 0.15) is 0 Å². The Morgan fingerprint density at radius 2 is 0.857 bits per heavy atom. The summed E-state index contributed by atoms with van der Waals surface area (Å²) in [7, 11) is 0. The minimum Gasteiger partial charge on any atom is -1.00 e. The maximum absolute atomic E-state index is 2.70. The van der Waals surface area contributed by atoms with Gasteiger partial charge in [0.05, 0.1) is 0 Å². The van der Waals surface area contributed by atoms with Crippen molar-refractivity contribution in [2.45, 2.75) is 47.4 Å². The van der Waals surface area contributed by atoms with Crippen LogP contribution in [0.2, 0.25) is 13.1 Å². The fourth-order valence-corrected chi connectivity index (χ4v) is 43.2. The normalized spacial score (nSPS) is 19.8. The Bertz CT molecular complexity index is 1760. The standard InChI is InChI=1S/C12H13.3C9H7.2CH5Si.4ClH.2Zr/c1-2-5-10-8-9-11-6-3-4-7-12(10)11;3*1-2-5-9-7-3-6-8(9)4-1;2*1-2;;;;;;/h3-4,6-9H,2,5H2,1H3;3*1-7H;2*2H2,1H3;4*1H;;/q;;;;;;;;;;2*+2/p-4. The van der Waals surface area contributed by atoms with Gasteiger partial charge in [-0.25, -0.2) is 0 Å². The van der Waals surface area contributed by atoms with Gasteiger partial charge < -0.3 is 49.6 Å². The Hall–Kier alpha value is -0.800. The summed E-state index contributed by atoms with van der Waals surface area (Å²) in [6, 6.07) is 36.5. The van der Waals surface area contributed by atoms with Gasteiger partial charge in [0.2, 0.25) is 0 Å². The van der Waals surface area contributed by atoms with E-state index in [1.54, 1.807) is 33.4 Å². The minimum absolute atomic E-state index is 0. The zero-order valence-corrected chi connectivity index (χ0v) is 39.2. The topological polar surface area (TPSA) is 0 Å². The molecule has 0 heterocycles. The SMILES string of the molecule is CCCC1=C[CH]([Zr+2]([SiH2]C)[CH]2C=Cc3ccccc32)c2ccccc21.C[SiH2][Zr+2]([CH]1C=Cc2ccccc21)[CH]1C=Cc2ccccc21.[Cl-].[Cl-].[Cl-].[Cl-]. The average Bonchev–Trinajstić information content (AvgIpc) is 3.89. The summed E-state index contributed by atoms with van der Waals surface area (Å²) >= 11 is -3.07. The summed E-state index contributed by atoms with van der Waals surface area (Å²) in [6.07, 6.45) is 20.0. The molecule has 0 N–H and O–H groups in total. The van der Waals surface area contributed by atoms with Crippen molar-refractivity contribution in [2.24, 2.45) is 0 Å². The molecule has 4 aliphatic carbocycles. The number of fused-ring (bicyclic) bond motifs is 4. The van der Waals surface area contributed by atoms with Gasteiger partial charge in [0.25, 0.3) is 0 Å². The van der Waals surface area contributed by atoms with Crippen molar-refractivity contribution in [1.82, 2.24) is 0 Å². The maximum atomic E-state index is 2.70. The molecule has 252 valence electrons. The third-order valence-corrected chi connectivity index (χ3v) is 47.2. The number of hydrogen-bond donors (Lipinski definition) is 0. The third-order valence-electron chi connectivity index (χ3n) is 10.3. The summed E-state index contributed by atoms with van der Waals surface area (Å²) in [5, 5.41) is 0. The largest absolute Gasteiger partial charge is 1.00 e. The molecule has 0 spiro atoms. The Kier molecular flexibility index (Phi) is 17.3. The first-order valence-electron chi connectivity index (χ1n) is 17.0. The van der Waals surface area contributed by atoms with Crippen LogP contribution >= 0.6 is 0 Å². The number of rotatable bonds is 8. The predicted octanol–water partition coefficient (Wildman–Crippen LogP) is -2.27. The van der Waals surface area contributed by atoms with E-state index in [1.165, 1.54) is 29.5 Å². The van der Waals surface area contributed by atoms with E-state index in [0.29, 0.717) is 0 Å². The molecule has 4 atom stereocenters. The fourth-order valence-electron chi connectivity index (χ4n) is 8.22. The second-order valence-electron chi connectivity index (χ2n) is 12.8. The Morgan fingerprint density at radius 1 is 0.490 bits per heavy atom. The number of halogens is 4. The van der Waals surface area contributed by atoms with Crippen molar-refractivity contribution in [1.29, 1.82) is 0 Å². The molecule has 0 fully saturated rings. The molecule has 0 nitrogen and oxygen atoms in total. The number of allylic oxidation sites excluding steroid dienone is 5. The fraction of sp³-hybridized carbons (Fsp3) is 0.220. The van der Waals surface area contributed by atoms with Gasteiger partial charge >= 0.3 is 292 Å². The first-order valence-corrected chi connectivity index (χ1v) is 37.4. The molecule has 0 amide bonds. The molecule has 8 rings (SSSR count). The molecular formula is C41H44Cl4Si2Zr2. The number of hydrogen-bond acceptors (Lipinski definition) is 0. The van der Waals surface area contributed by atoms with Crippen molar-refractivity contribution >= 4 is 37.1 Å². The first-order chi connectivity index (χ1) is 22.2. The van der Waals surface area contributed by atoms with E-state index in [1.807, 2.05) is 0 Å². The van der Waals surface area contributed by atoms with Gasteiger partial charge in [-0.05, 0) is 0 Å². The van der Waals surface area contributed by atoms with Gasteiger partial charge in [0, 0.05) is 0 Å². The monoisotopic (exact) mass is 912 g/mol. The molecule has 0 aliphatic heterocycles. The molecular weight excluding hydrogens is 873 g/mol. The van der Waals surface area contributed by atoms with E-state index in [4.69, 9.17) is 0 Å². The Morgan fingerprint density at radius 3 is 1.27 bits per heavy atom. The van der Waals surface area contributed by atoms with E-state index in [-0.39, 0.29) is 62.9 Å². The van der Waals surface area contributed by atoms with Gasteiger partial charge in [0.15, 0.2) is 0 Å². The van der Waals surface area contributed by atoms with Crippen LogP contribution in [0.5, 0.6) is 0 Å². The summed E-state index contributed by atoms with van der Waals surface area (Å²) in [5.74, 6) is 0. The summed E-state index contributed by atoms with van der Waals surface area (Å²) < 4.78 is 3.22. The van der Waals surface area contributed by atoms with Crippen LogP contribution in [0.3, 0.4) is 0 Å². The van der Waals surface area contributed by atoms with Crippen LogP contribution in [0.1, 0.15) is 78.8 Å². The van der Waals surface area contributed by atoms with Crippen molar-refractivity contribution in [3.05, 3.63) is 166 Å². The van der Waals surface area contributed by atoms with Crippen LogP contribution < -0.4 is 49.6 Å². The van der Waals surface area contributed by atoms with Crippen molar-refractivity contribution in [3.63, 3.8) is 0 Å². The van der Waals surface area contributed by atoms with Crippen molar-refractivity contribution in [3.8, 4) is 0 Å². The molecule has 8 heteroatoms. The molecule has 0 saturated carbocycles. The zero-order chi connectivity index (χ0) is 30.8. The van der Waals surface area contributed by atoms with E-state index in [0.717, 1.165) is 14.5 Å². The molecule has 0 radical (unpaired) electrons. The first kappa shape index (κ1) is 42.6. The second-order valence-corrected chi connectivity index (χ2v) is 46.0. The summed E-state index contributed by atoms with van der Waals surface area (Å²) in [6.45, 7) is 7.58. The quantitative estimate of drug-likeness (QED) is 0.176. The molecule has 4 aliphatic rings. The molecule has 4 aromatic carbocycles. The smallest absolute Gasteiger partial charge is 1.00 e. The molecule has 0 aromatic heterocycles. The third kappa shape index (κ3) is 8.71. The Labute approximate surface area is 338 Å². The summed E-state index contributed by atoms with van der Waals surface area (Å²) in [5.41, 5.74) is 14.2. The van der Waals surface area contributed by atoms with E-state index < -0.39 is 41.8 Å². The van der Waals surface area contributed by atoms with Crippen molar-refractivity contribution in [2.75, 3.05) is 0 Å². The van der Waals surface area contributed by atoms with Crippen LogP contribution in [-0.4, -0.2) is 13.3 Å². The number of benzene rings is 4. The van der Waals surface area contributed by atoms with Gasteiger partial charge in [-0.15, -0.1) is 0 Å². The van der Waals surface area contributed by atoms with E-state index in [2.05, 4.69) is 160 Å². The van der Waals surface area contributed by atoms with Crippen LogP contribution in [-0.2, 0) is 41.8 Å². The van der Waals surface area contributed by atoms with E-state index in [9.17, 15) is 0 Å². The molecule has 0 saturated heterocycles. The Balaban J connectivity index is 0.000000247. The maximum Gasteiger partial charge on any atom is -1.00 e.